The van der Waals surface area contributed by atoms with Crippen LogP contribution in [0.25, 0.3) is 0 Å². The number of carbonyl (C=O) groups excluding carboxylic acids is 1. The molecule has 2 N–H and O–H groups in total. The number of urea groups is 1. The Kier molecular flexibility index (Phi) is 5.65. The van der Waals surface area contributed by atoms with Gasteiger partial charge >= 0.3 is 6.03 Å². The van der Waals surface area contributed by atoms with Crippen molar-refractivity contribution in [2.75, 3.05) is 20.1 Å². The van der Waals surface area contributed by atoms with Gasteiger partial charge in [-0.25, -0.2) is 4.79 Å². The number of hydrogen-bond donors (Lipinski definition) is 2. The van der Waals surface area contributed by atoms with Crippen molar-refractivity contribution >= 4 is 6.03 Å². The number of amides is 2. The molecule has 0 aromatic rings. The third-order valence-corrected chi connectivity index (χ3v) is 2.29. The maximum Gasteiger partial charge on any atom is 0.317 e. The van der Waals surface area contributed by atoms with Crippen molar-refractivity contribution in [2.45, 2.75) is 39.7 Å². The van der Waals surface area contributed by atoms with Crippen molar-refractivity contribution in [3.8, 4) is 0 Å². The van der Waals surface area contributed by atoms with Crippen LogP contribution in [0.5, 0.6) is 0 Å². The first-order chi connectivity index (χ1) is 6.78. The second-order valence-electron chi connectivity index (χ2n) is 4.77. The van der Waals surface area contributed by atoms with Crippen LogP contribution in [0.3, 0.4) is 0 Å². The minimum Gasteiger partial charge on any atom is -0.388 e. The second-order valence-corrected chi connectivity index (χ2v) is 4.77. The van der Waals surface area contributed by atoms with E-state index in [-0.39, 0.29) is 6.03 Å². The zero-order chi connectivity index (χ0) is 12.1. The first-order valence-electron chi connectivity index (χ1n) is 5.50. The molecule has 0 aromatic carbocycles. The van der Waals surface area contributed by atoms with Gasteiger partial charge in [0.25, 0.3) is 0 Å². The average Bonchev–Trinajstić information content (AvgIpc) is 2.11. The van der Waals surface area contributed by atoms with Gasteiger partial charge in [0, 0.05) is 20.1 Å². The Labute approximate surface area is 92.7 Å². The van der Waals surface area contributed by atoms with Gasteiger partial charge < -0.3 is 15.3 Å². The lowest BCUT2D eigenvalue weighted by atomic mass is 9.94. The van der Waals surface area contributed by atoms with Gasteiger partial charge in [0.1, 0.15) is 0 Å². The highest BCUT2D eigenvalue weighted by Crippen LogP contribution is 2.14. The number of aliphatic hydroxyl groups is 1. The fourth-order valence-electron chi connectivity index (χ4n) is 1.50. The third kappa shape index (κ3) is 6.33. The van der Waals surface area contributed by atoms with Crippen molar-refractivity contribution < 1.29 is 9.90 Å². The predicted octanol–water partition coefficient (Wildman–Crippen LogP) is 1.44. The summed E-state index contributed by atoms with van der Waals surface area (Å²) in [6, 6.07) is -0.137. The van der Waals surface area contributed by atoms with E-state index in [1.54, 1.807) is 18.9 Å². The van der Waals surface area contributed by atoms with Gasteiger partial charge in [0.2, 0.25) is 0 Å². The first-order valence-corrected chi connectivity index (χ1v) is 5.50. The SMILES string of the molecule is CCN(C)C(=O)NCC(C)(O)CC(C)C. The van der Waals surface area contributed by atoms with Gasteiger partial charge in [-0.05, 0) is 26.2 Å². The van der Waals surface area contributed by atoms with Gasteiger partial charge in [-0.1, -0.05) is 13.8 Å². The lowest BCUT2D eigenvalue weighted by Gasteiger charge is -2.26. The van der Waals surface area contributed by atoms with Crippen LogP contribution in [-0.2, 0) is 0 Å². The normalized spacial score (nSPS) is 14.9. The Balaban J connectivity index is 3.98. The standard InChI is InChI=1S/C11H24N2O2/c1-6-13(5)10(14)12-8-11(4,15)7-9(2)3/h9,15H,6-8H2,1-5H3,(H,12,14). The average molecular weight is 216 g/mol. The Morgan fingerprint density at radius 2 is 2.07 bits per heavy atom. The zero-order valence-electron chi connectivity index (χ0n) is 10.5. The van der Waals surface area contributed by atoms with Gasteiger partial charge in [-0.3, -0.25) is 0 Å². The number of carbonyl (C=O) groups is 1. The fraction of sp³-hybridized carbons (Fsp3) is 0.909. The van der Waals surface area contributed by atoms with E-state index < -0.39 is 5.60 Å². The number of nitrogens with zero attached hydrogens (tertiary/aromatic N) is 1. The van der Waals surface area contributed by atoms with E-state index in [1.807, 2.05) is 6.92 Å². The highest BCUT2D eigenvalue weighted by Gasteiger charge is 2.22. The molecular weight excluding hydrogens is 192 g/mol. The van der Waals surface area contributed by atoms with Crippen LogP contribution >= 0.6 is 0 Å². The van der Waals surface area contributed by atoms with Crippen LogP contribution in [0.2, 0.25) is 0 Å². The molecule has 0 spiro atoms. The van der Waals surface area contributed by atoms with Crippen molar-refractivity contribution in [2.24, 2.45) is 5.92 Å². The van der Waals surface area contributed by atoms with Crippen molar-refractivity contribution in [1.82, 2.24) is 10.2 Å². The van der Waals surface area contributed by atoms with Gasteiger partial charge in [-0.2, -0.15) is 0 Å². The second kappa shape index (κ2) is 5.95. The lowest BCUT2D eigenvalue weighted by Crippen LogP contribution is -2.45. The summed E-state index contributed by atoms with van der Waals surface area (Å²) >= 11 is 0. The zero-order valence-corrected chi connectivity index (χ0v) is 10.5. The monoisotopic (exact) mass is 216 g/mol. The molecule has 0 saturated carbocycles. The largest absolute Gasteiger partial charge is 0.388 e. The minimum atomic E-state index is -0.821. The summed E-state index contributed by atoms with van der Waals surface area (Å²) in [5.74, 6) is 0.417. The van der Waals surface area contributed by atoms with E-state index in [0.717, 1.165) is 0 Å². The maximum absolute atomic E-state index is 11.4. The summed E-state index contributed by atoms with van der Waals surface area (Å²) in [5.41, 5.74) is -0.821. The summed E-state index contributed by atoms with van der Waals surface area (Å²) in [6.45, 7) is 8.72. The molecule has 4 heteroatoms. The quantitative estimate of drug-likeness (QED) is 0.730. The summed E-state index contributed by atoms with van der Waals surface area (Å²) in [7, 11) is 1.73. The smallest absolute Gasteiger partial charge is 0.317 e. The molecule has 0 rings (SSSR count). The predicted molar refractivity (Wildman–Crippen MR) is 61.8 cm³/mol. The van der Waals surface area contributed by atoms with Crippen molar-refractivity contribution in [3.63, 3.8) is 0 Å². The van der Waals surface area contributed by atoms with Crippen LogP contribution in [0.15, 0.2) is 0 Å². The van der Waals surface area contributed by atoms with Crippen LogP contribution in [-0.4, -0.2) is 41.8 Å². The molecule has 0 aliphatic rings. The van der Waals surface area contributed by atoms with E-state index in [2.05, 4.69) is 19.2 Å². The van der Waals surface area contributed by atoms with E-state index in [9.17, 15) is 9.90 Å². The molecule has 0 aliphatic carbocycles. The first kappa shape index (κ1) is 14.2. The number of rotatable bonds is 5. The van der Waals surface area contributed by atoms with E-state index in [1.165, 1.54) is 0 Å². The highest BCUT2D eigenvalue weighted by molar-refractivity contribution is 5.73. The Morgan fingerprint density at radius 1 is 1.53 bits per heavy atom. The van der Waals surface area contributed by atoms with Crippen molar-refractivity contribution in [3.05, 3.63) is 0 Å². The van der Waals surface area contributed by atoms with Crippen LogP contribution in [0, 0.1) is 5.92 Å². The molecule has 0 saturated heterocycles. The summed E-state index contributed by atoms with van der Waals surface area (Å²) < 4.78 is 0. The van der Waals surface area contributed by atoms with Gasteiger partial charge in [0.15, 0.2) is 0 Å². The molecule has 0 aliphatic heterocycles. The fourth-order valence-corrected chi connectivity index (χ4v) is 1.50. The minimum absolute atomic E-state index is 0.137. The number of nitrogens with one attached hydrogen (secondary N) is 1. The van der Waals surface area contributed by atoms with E-state index >= 15 is 0 Å². The molecular formula is C11H24N2O2. The summed E-state index contributed by atoms with van der Waals surface area (Å²) in [5, 5.41) is 12.7. The lowest BCUT2D eigenvalue weighted by molar-refractivity contribution is 0.0398. The molecule has 0 bridgehead atoms. The molecule has 1 unspecified atom stereocenters. The Bertz CT molecular complexity index is 203. The summed E-state index contributed by atoms with van der Waals surface area (Å²) in [4.78, 5) is 13.0. The van der Waals surface area contributed by atoms with E-state index in [4.69, 9.17) is 0 Å². The Hall–Kier alpha value is -0.770. The molecule has 0 fully saturated rings. The third-order valence-electron chi connectivity index (χ3n) is 2.29. The summed E-state index contributed by atoms with van der Waals surface area (Å²) in [6.07, 6.45) is 0.684. The van der Waals surface area contributed by atoms with Gasteiger partial charge in [0.05, 0.1) is 5.60 Å². The van der Waals surface area contributed by atoms with E-state index in [0.29, 0.717) is 25.4 Å². The molecule has 4 nitrogen and oxygen atoms in total. The topological polar surface area (TPSA) is 52.6 Å². The molecule has 0 radical (unpaired) electrons. The molecule has 0 aromatic heterocycles. The van der Waals surface area contributed by atoms with Gasteiger partial charge in [-0.15, -0.1) is 0 Å². The molecule has 2 amide bonds. The van der Waals surface area contributed by atoms with Crippen molar-refractivity contribution in [1.29, 1.82) is 0 Å². The van der Waals surface area contributed by atoms with Crippen LogP contribution in [0.4, 0.5) is 4.79 Å². The molecule has 0 heterocycles. The van der Waals surface area contributed by atoms with Crippen LogP contribution in [0.1, 0.15) is 34.1 Å². The number of hydrogen-bond acceptors (Lipinski definition) is 2. The maximum atomic E-state index is 11.4. The molecule has 15 heavy (non-hydrogen) atoms. The highest BCUT2D eigenvalue weighted by atomic mass is 16.3. The Morgan fingerprint density at radius 3 is 2.47 bits per heavy atom. The molecule has 1 atom stereocenters. The van der Waals surface area contributed by atoms with Crippen LogP contribution < -0.4 is 5.32 Å². The molecule has 90 valence electrons.